The Kier molecular flexibility index (Phi) is 5.54. The summed E-state index contributed by atoms with van der Waals surface area (Å²) in [6.45, 7) is 3.29. The number of rotatable bonds is 6. The van der Waals surface area contributed by atoms with E-state index in [2.05, 4.69) is 0 Å². The van der Waals surface area contributed by atoms with Crippen LogP contribution >= 0.6 is 0 Å². The molecule has 1 aliphatic heterocycles. The largest absolute Gasteiger partial charge is 0.497 e. The Bertz CT molecular complexity index is 964. The molecule has 28 heavy (non-hydrogen) atoms. The van der Waals surface area contributed by atoms with Crippen molar-refractivity contribution in [1.29, 1.82) is 0 Å². The summed E-state index contributed by atoms with van der Waals surface area (Å²) < 4.78 is 5.20. The lowest BCUT2D eigenvalue weighted by molar-refractivity contribution is -0.384. The Hall–Kier alpha value is -3.48. The molecule has 0 aliphatic carbocycles. The molecule has 0 bridgehead atoms. The van der Waals surface area contributed by atoms with Crippen molar-refractivity contribution in [3.8, 4) is 5.75 Å². The second kappa shape index (κ2) is 8.04. The van der Waals surface area contributed by atoms with E-state index in [0.29, 0.717) is 12.1 Å². The summed E-state index contributed by atoms with van der Waals surface area (Å²) in [5.74, 6) is 0.672. The van der Waals surface area contributed by atoms with Crippen LogP contribution in [-0.2, 0) is 4.79 Å². The highest BCUT2D eigenvalue weighted by Gasteiger charge is 2.30. The molecule has 3 rings (SSSR count). The van der Waals surface area contributed by atoms with Crippen molar-refractivity contribution < 1.29 is 14.5 Å². The maximum atomic E-state index is 11.6. The highest BCUT2D eigenvalue weighted by atomic mass is 16.6. The number of nitro groups is 1. The fourth-order valence-corrected chi connectivity index (χ4v) is 3.26. The number of hydrogen-bond acceptors (Lipinski definition) is 6. The van der Waals surface area contributed by atoms with Crippen LogP contribution in [0.25, 0.3) is 0 Å². The van der Waals surface area contributed by atoms with E-state index in [9.17, 15) is 14.9 Å². The van der Waals surface area contributed by atoms with Crippen LogP contribution in [0.2, 0.25) is 0 Å². The number of nitro benzene ring substituents is 1. The van der Waals surface area contributed by atoms with Gasteiger partial charge in [0.2, 0.25) is 0 Å². The molecule has 0 fully saturated rings. The molecule has 7 heteroatoms. The molecule has 0 saturated heterocycles. The fourth-order valence-electron chi connectivity index (χ4n) is 3.26. The number of hydrazone groups is 1. The number of ether oxygens (including phenoxy) is 1. The Balaban J connectivity index is 2.00. The first-order valence-corrected chi connectivity index (χ1v) is 8.83. The second-order valence-corrected chi connectivity index (χ2v) is 6.59. The Morgan fingerprint density at radius 2 is 1.96 bits per heavy atom. The molecule has 2 aromatic carbocycles. The third kappa shape index (κ3) is 4.09. The number of non-ortho nitro benzene ring substituents is 1. The molecule has 0 unspecified atom stereocenters. The summed E-state index contributed by atoms with van der Waals surface area (Å²) in [6, 6.07) is 13.9. The minimum absolute atomic E-state index is 0.0311. The van der Waals surface area contributed by atoms with Gasteiger partial charge in [0, 0.05) is 30.3 Å². The topological polar surface area (TPSA) is 85.0 Å². The highest BCUT2D eigenvalue weighted by Crippen LogP contribution is 2.36. The zero-order chi connectivity index (χ0) is 20.3. The number of hydrogen-bond donors (Lipinski definition) is 0. The summed E-state index contributed by atoms with van der Waals surface area (Å²) in [5.41, 5.74) is 3.28. The summed E-state index contributed by atoms with van der Waals surface area (Å²) in [7, 11) is 1.61. The molecule has 7 nitrogen and oxygen atoms in total. The Morgan fingerprint density at radius 3 is 2.57 bits per heavy atom. The molecular formula is C21H21N3O4. The number of benzene rings is 2. The number of nitrogens with zero attached hydrogens (tertiary/aromatic N) is 3. The van der Waals surface area contributed by atoms with Gasteiger partial charge in [0.05, 0.1) is 23.8 Å². The Labute approximate surface area is 163 Å². The van der Waals surface area contributed by atoms with Crippen molar-refractivity contribution in [2.45, 2.75) is 26.3 Å². The first-order chi connectivity index (χ1) is 13.4. The van der Waals surface area contributed by atoms with Gasteiger partial charge < -0.3 is 4.74 Å². The van der Waals surface area contributed by atoms with Crippen molar-refractivity contribution in [2.24, 2.45) is 5.10 Å². The molecule has 1 heterocycles. The lowest BCUT2D eigenvalue weighted by Crippen LogP contribution is -2.18. The van der Waals surface area contributed by atoms with E-state index in [1.807, 2.05) is 37.3 Å². The molecule has 1 atom stereocenters. The van der Waals surface area contributed by atoms with Gasteiger partial charge in [0.25, 0.3) is 5.69 Å². The van der Waals surface area contributed by atoms with Crippen LogP contribution in [0, 0.1) is 10.1 Å². The first kappa shape index (κ1) is 19.3. The standard InChI is InChI=1S/C21H21N3O4/c1-14(11-15(2)25)23-21(17-5-4-6-18(12-17)24(26)27)13-20(22-23)16-7-9-19(28-3)10-8-16/h4-12,21H,13H2,1-3H3/t21-/m0/s1. The van der Waals surface area contributed by atoms with Gasteiger partial charge >= 0.3 is 0 Å². The van der Waals surface area contributed by atoms with Gasteiger partial charge in [0.1, 0.15) is 5.75 Å². The van der Waals surface area contributed by atoms with Crippen LogP contribution in [0.3, 0.4) is 0 Å². The van der Waals surface area contributed by atoms with Gasteiger partial charge in [-0.15, -0.1) is 0 Å². The molecule has 144 valence electrons. The number of ketones is 1. The van der Waals surface area contributed by atoms with Crippen molar-refractivity contribution in [3.63, 3.8) is 0 Å². The van der Waals surface area contributed by atoms with Crippen LogP contribution in [0.5, 0.6) is 5.75 Å². The lowest BCUT2D eigenvalue weighted by atomic mass is 9.97. The third-order valence-corrected chi connectivity index (χ3v) is 4.57. The third-order valence-electron chi connectivity index (χ3n) is 4.57. The monoisotopic (exact) mass is 379 g/mol. The summed E-state index contributed by atoms with van der Waals surface area (Å²) in [5, 5.41) is 17.7. The SMILES string of the molecule is COc1ccc(C2=NN(C(C)=CC(C)=O)[C@H](c3cccc([N+](=O)[O-])c3)C2)cc1. The zero-order valence-corrected chi connectivity index (χ0v) is 16.0. The van der Waals surface area contributed by atoms with E-state index < -0.39 is 4.92 Å². The van der Waals surface area contributed by atoms with Crippen molar-refractivity contribution in [2.75, 3.05) is 7.11 Å². The van der Waals surface area contributed by atoms with E-state index in [-0.39, 0.29) is 17.5 Å². The van der Waals surface area contributed by atoms with Crippen LogP contribution < -0.4 is 4.74 Å². The molecule has 0 N–H and O–H groups in total. The van der Waals surface area contributed by atoms with Crippen molar-refractivity contribution in [3.05, 3.63) is 81.5 Å². The number of methoxy groups -OCH3 is 1. The van der Waals surface area contributed by atoms with Crippen LogP contribution in [0.1, 0.15) is 37.4 Å². The quantitative estimate of drug-likeness (QED) is 0.426. The van der Waals surface area contributed by atoms with E-state index in [0.717, 1.165) is 22.6 Å². The minimum atomic E-state index is -0.410. The van der Waals surface area contributed by atoms with E-state index in [1.165, 1.54) is 19.1 Å². The smallest absolute Gasteiger partial charge is 0.269 e. The van der Waals surface area contributed by atoms with E-state index in [1.54, 1.807) is 24.3 Å². The van der Waals surface area contributed by atoms with Gasteiger partial charge in [-0.3, -0.25) is 19.9 Å². The number of carbonyl (C=O) groups is 1. The van der Waals surface area contributed by atoms with Crippen molar-refractivity contribution in [1.82, 2.24) is 5.01 Å². The lowest BCUT2D eigenvalue weighted by Gasteiger charge is -2.24. The molecule has 0 spiro atoms. The Morgan fingerprint density at radius 1 is 1.25 bits per heavy atom. The fraction of sp³-hybridized carbons (Fsp3) is 0.238. The average Bonchev–Trinajstić information content (AvgIpc) is 3.13. The van der Waals surface area contributed by atoms with Gasteiger partial charge in [-0.1, -0.05) is 12.1 Å². The summed E-state index contributed by atoms with van der Waals surface area (Å²) in [6.07, 6.45) is 2.08. The zero-order valence-electron chi connectivity index (χ0n) is 16.0. The van der Waals surface area contributed by atoms with Crippen LogP contribution in [0.4, 0.5) is 5.69 Å². The maximum Gasteiger partial charge on any atom is 0.269 e. The van der Waals surface area contributed by atoms with Gasteiger partial charge in [-0.2, -0.15) is 5.10 Å². The average molecular weight is 379 g/mol. The number of allylic oxidation sites excluding steroid dienone is 2. The highest BCUT2D eigenvalue weighted by molar-refractivity contribution is 6.02. The normalized spacial score (nSPS) is 16.7. The minimum Gasteiger partial charge on any atom is -0.497 e. The molecule has 0 saturated carbocycles. The molecule has 0 radical (unpaired) electrons. The predicted octanol–water partition coefficient (Wildman–Crippen LogP) is 4.25. The summed E-state index contributed by atoms with van der Waals surface area (Å²) in [4.78, 5) is 22.3. The summed E-state index contributed by atoms with van der Waals surface area (Å²) >= 11 is 0. The first-order valence-electron chi connectivity index (χ1n) is 8.83. The molecule has 0 amide bonds. The second-order valence-electron chi connectivity index (χ2n) is 6.59. The predicted molar refractivity (Wildman–Crippen MR) is 106 cm³/mol. The van der Waals surface area contributed by atoms with Crippen LogP contribution in [-0.4, -0.2) is 28.5 Å². The van der Waals surface area contributed by atoms with Gasteiger partial charge in [0.15, 0.2) is 5.78 Å². The molecule has 1 aliphatic rings. The van der Waals surface area contributed by atoms with Gasteiger partial charge in [-0.05, 0) is 49.2 Å². The van der Waals surface area contributed by atoms with E-state index in [4.69, 9.17) is 9.84 Å². The molecule has 0 aromatic heterocycles. The maximum absolute atomic E-state index is 11.6. The van der Waals surface area contributed by atoms with Crippen LogP contribution in [0.15, 0.2) is 65.4 Å². The van der Waals surface area contributed by atoms with Crippen molar-refractivity contribution >= 4 is 17.2 Å². The molecule has 2 aromatic rings. The number of carbonyl (C=O) groups excluding carboxylic acids is 1. The van der Waals surface area contributed by atoms with Gasteiger partial charge in [-0.25, -0.2) is 0 Å². The van der Waals surface area contributed by atoms with E-state index >= 15 is 0 Å². The molecular weight excluding hydrogens is 358 g/mol.